The molecule has 2 aromatic carbocycles. The van der Waals surface area contributed by atoms with E-state index >= 15 is 0 Å². The molecule has 5 nitrogen and oxygen atoms in total. The number of hydrogen-bond donors (Lipinski definition) is 3. The van der Waals surface area contributed by atoms with Crippen molar-refractivity contribution in [2.24, 2.45) is 5.73 Å². The van der Waals surface area contributed by atoms with Crippen LogP contribution in [0.15, 0.2) is 54.6 Å². The van der Waals surface area contributed by atoms with Crippen LogP contribution in [-0.4, -0.2) is 17.9 Å². The van der Waals surface area contributed by atoms with E-state index in [1.54, 1.807) is 19.1 Å². The average Bonchev–Trinajstić information content (AvgIpc) is 2.54. The molecule has 0 heterocycles. The lowest BCUT2D eigenvalue weighted by Crippen LogP contribution is -2.38. The number of rotatable bonds is 6. The van der Waals surface area contributed by atoms with Gasteiger partial charge in [0.05, 0.1) is 6.04 Å². The number of anilines is 1. The Morgan fingerprint density at radius 2 is 1.68 bits per heavy atom. The van der Waals surface area contributed by atoms with E-state index in [0.717, 1.165) is 11.3 Å². The van der Waals surface area contributed by atoms with Crippen molar-refractivity contribution < 1.29 is 9.59 Å². The lowest BCUT2D eigenvalue weighted by atomic mass is 10.1. The summed E-state index contributed by atoms with van der Waals surface area (Å²) in [4.78, 5) is 23.0. The number of benzene rings is 2. The zero-order chi connectivity index (χ0) is 15.9. The molecule has 0 aliphatic heterocycles. The first kappa shape index (κ1) is 15.7. The molecule has 4 N–H and O–H groups in total. The van der Waals surface area contributed by atoms with Gasteiger partial charge in [0, 0.05) is 17.8 Å². The maximum atomic E-state index is 12.0. The third-order valence-corrected chi connectivity index (χ3v) is 3.29. The van der Waals surface area contributed by atoms with Crippen LogP contribution >= 0.6 is 0 Å². The summed E-state index contributed by atoms with van der Waals surface area (Å²) in [6.45, 7) is 2.26. The van der Waals surface area contributed by atoms with Crippen LogP contribution in [0.2, 0.25) is 0 Å². The summed E-state index contributed by atoms with van der Waals surface area (Å²) < 4.78 is 0. The second-order valence-electron chi connectivity index (χ2n) is 5.02. The second-order valence-corrected chi connectivity index (χ2v) is 5.02. The number of primary amides is 1. The molecule has 2 amide bonds. The topological polar surface area (TPSA) is 84.2 Å². The maximum absolute atomic E-state index is 12.0. The van der Waals surface area contributed by atoms with Crippen molar-refractivity contribution in [3.05, 3.63) is 65.7 Å². The molecule has 0 spiro atoms. The fourth-order valence-corrected chi connectivity index (χ4v) is 1.87. The summed E-state index contributed by atoms with van der Waals surface area (Å²) in [7, 11) is 0. The minimum Gasteiger partial charge on any atom is -0.368 e. The van der Waals surface area contributed by atoms with Gasteiger partial charge in [-0.15, -0.1) is 0 Å². The fraction of sp³-hybridized carbons (Fsp3) is 0.176. The van der Waals surface area contributed by atoms with Gasteiger partial charge in [-0.05, 0) is 36.8 Å². The number of carbonyl (C=O) groups is 2. The molecule has 22 heavy (non-hydrogen) atoms. The molecule has 2 aromatic rings. The van der Waals surface area contributed by atoms with Crippen LogP contribution in [0.5, 0.6) is 0 Å². The highest BCUT2D eigenvalue weighted by Crippen LogP contribution is 2.11. The van der Waals surface area contributed by atoms with E-state index in [1.165, 1.54) is 0 Å². The van der Waals surface area contributed by atoms with Gasteiger partial charge in [-0.1, -0.05) is 30.3 Å². The van der Waals surface area contributed by atoms with Crippen molar-refractivity contribution in [2.45, 2.75) is 19.5 Å². The van der Waals surface area contributed by atoms with Crippen molar-refractivity contribution >= 4 is 17.5 Å². The molecule has 114 valence electrons. The maximum Gasteiger partial charge on any atom is 0.255 e. The Bertz CT molecular complexity index is 639. The smallest absolute Gasteiger partial charge is 0.255 e. The van der Waals surface area contributed by atoms with Crippen molar-refractivity contribution in [3.8, 4) is 0 Å². The number of hydrogen-bond acceptors (Lipinski definition) is 3. The molecule has 2 rings (SSSR count). The minimum atomic E-state index is -0.383. The van der Waals surface area contributed by atoms with Gasteiger partial charge in [0.25, 0.3) is 5.91 Å². The third kappa shape index (κ3) is 4.43. The van der Waals surface area contributed by atoms with Crippen molar-refractivity contribution in [1.29, 1.82) is 0 Å². The normalized spacial score (nSPS) is 11.7. The summed E-state index contributed by atoms with van der Waals surface area (Å²) in [6.07, 6.45) is 0. The van der Waals surface area contributed by atoms with Crippen molar-refractivity contribution in [2.75, 3.05) is 5.32 Å². The van der Waals surface area contributed by atoms with Gasteiger partial charge < -0.3 is 16.4 Å². The van der Waals surface area contributed by atoms with Gasteiger partial charge in [0.2, 0.25) is 5.91 Å². The van der Waals surface area contributed by atoms with E-state index in [-0.39, 0.29) is 17.9 Å². The summed E-state index contributed by atoms with van der Waals surface area (Å²) in [6, 6.07) is 16.1. The van der Waals surface area contributed by atoms with Crippen LogP contribution in [0.3, 0.4) is 0 Å². The van der Waals surface area contributed by atoms with Gasteiger partial charge >= 0.3 is 0 Å². The van der Waals surface area contributed by atoms with Crippen LogP contribution in [0.1, 0.15) is 22.8 Å². The molecule has 5 heteroatoms. The SMILES string of the molecule is C[C@@H](NCc1ccc(NC(=O)c2ccccc2)cc1)C(N)=O. The molecular formula is C17H19N3O2. The van der Waals surface area contributed by atoms with E-state index < -0.39 is 0 Å². The van der Waals surface area contributed by atoms with Gasteiger partial charge in [-0.25, -0.2) is 0 Å². The lowest BCUT2D eigenvalue weighted by molar-refractivity contribution is -0.119. The fourth-order valence-electron chi connectivity index (χ4n) is 1.87. The Morgan fingerprint density at radius 3 is 2.27 bits per heavy atom. The molecule has 0 aliphatic rings. The highest BCUT2D eigenvalue weighted by Gasteiger charge is 2.08. The highest BCUT2D eigenvalue weighted by molar-refractivity contribution is 6.04. The molecule has 0 saturated heterocycles. The molecule has 0 aliphatic carbocycles. The first-order valence-corrected chi connectivity index (χ1v) is 7.04. The minimum absolute atomic E-state index is 0.145. The third-order valence-electron chi connectivity index (χ3n) is 3.29. The number of carbonyl (C=O) groups excluding carboxylic acids is 2. The predicted octanol–water partition coefficient (Wildman–Crippen LogP) is 1.90. The van der Waals surface area contributed by atoms with E-state index in [0.29, 0.717) is 12.1 Å². The van der Waals surface area contributed by atoms with Gasteiger partial charge in [0.15, 0.2) is 0 Å². The molecular weight excluding hydrogens is 278 g/mol. The number of nitrogens with two attached hydrogens (primary N) is 1. The Labute approximate surface area is 129 Å². The first-order valence-electron chi connectivity index (χ1n) is 7.04. The average molecular weight is 297 g/mol. The second kappa shape index (κ2) is 7.38. The van der Waals surface area contributed by atoms with Gasteiger partial charge in [-0.2, -0.15) is 0 Å². The quantitative estimate of drug-likeness (QED) is 0.761. The van der Waals surface area contributed by atoms with Crippen LogP contribution in [0.4, 0.5) is 5.69 Å². The standard InChI is InChI=1S/C17H19N3O2/c1-12(16(18)21)19-11-13-7-9-15(10-8-13)20-17(22)14-5-3-2-4-6-14/h2-10,12,19H,11H2,1H3,(H2,18,21)(H,20,22)/t12-/m1/s1. The Hall–Kier alpha value is -2.66. The molecule has 0 bridgehead atoms. The molecule has 0 unspecified atom stereocenters. The Kier molecular flexibility index (Phi) is 5.27. The molecule has 0 saturated carbocycles. The monoisotopic (exact) mass is 297 g/mol. The number of nitrogens with one attached hydrogen (secondary N) is 2. The predicted molar refractivity (Wildman–Crippen MR) is 86.3 cm³/mol. The first-order chi connectivity index (χ1) is 10.6. The van der Waals surface area contributed by atoms with E-state index in [9.17, 15) is 9.59 Å². The Morgan fingerprint density at radius 1 is 1.05 bits per heavy atom. The summed E-state index contributed by atoms with van der Waals surface area (Å²) in [5.41, 5.74) is 7.53. The van der Waals surface area contributed by atoms with Crippen LogP contribution in [-0.2, 0) is 11.3 Å². The molecule has 1 atom stereocenters. The van der Waals surface area contributed by atoms with Gasteiger partial charge in [0.1, 0.15) is 0 Å². The van der Waals surface area contributed by atoms with Gasteiger partial charge in [-0.3, -0.25) is 9.59 Å². The largest absolute Gasteiger partial charge is 0.368 e. The summed E-state index contributed by atoms with van der Waals surface area (Å²) in [5.74, 6) is -0.527. The van der Waals surface area contributed by atoms with Crippen molar-refractivity contribution in [3.63, 3.8) is 0 Å². The van der Waals surface area contributed by atoms with Crippen LogP contribution in [0, 0.1) is 0 Å². The van der Waals surface area contributed by atoms with Crippen LogP contribution in [0.25, 0.3) is 0 Å². The molecule has 0 fully saturated rings. The van der Waals surface area contributed by atoms with E-state index in [1.807, 2.05) is 42.5 Å². The van der Waals surface area contributed by atoms with E-state index in [4.69, 9.17) is 5.73 Å². The lowest BCUT2D eigenvalue weighted by Gasteiger charge is -2.10. The van der Waals surface area contributed by atoms with Crippen molar-refractivity contribution in [1.82, 2.24) is 5.32 Å². The summed E-state index contributed by atoms with van der Waals surface area (Å²) >= 11 is 0. The van der Waals surface area contributed by atoms with E-state index in [2.05, 4.69) is 10.6 Å². The summed E-state index contributed by atoms with van der Waals surface area (Å²) in [5, 5.41) is 5.86. The molecule has 0 aromatic heterocycles. The molecule has 0 radical (unpaired) electrons. The number of amides is 2. The highest BCUT2D eigenvalue weighted by atomic mass is 16.2. The van der Waals surface area contributed by atoms with Crippen LogP contribution < -0.4 is 16.4 Å². The zero-order valence-corrected chi connectivity index (χ0v) is 12.4. The Balaban J connectivity index is 1.92. The zero-order valence-electron chi connectivity index (χ0n) is 12.4.